The Morgan fingerprint density at radius 1 is 1.26 bits per heavy atom. The van der Waals surface area contributed by atoms with E-state index in [-0.39, 0.29) is 36.4 Å². The van der Waals surface area contributed by atoms with Gasteiger partial charge in [0, 0.05) is 28.1 Å². The molecule has 2 aromatic heterocycles. The van der Waals surface area contributed by atoms with Gasteiger partial charge < -0.3 is 15.4 Å². The molecule has 10 heteroatoms. The Hall–Kier alpha value is -1.56. The number of alkyl halides is 3. The summed E-state index contributed by atoms with van der Waals surface area (Å²) in [5.41, 5.74) is 0.487. The fourth-order valence-electron chi connectivity index (χ4n) is 2.08. The van der Waals surface area contributed by atoms with Gasteiger partial charge in [0.25, 0.3) is 0 Å². The van der Waals surface area contributed by atoms with E-state index in [0.717, 1.165) is 0 Å². The minimum absolute atomic E-state index is 0. The van der Waals surface area contributed by atoms with Gasteiger partial charge in [0.2, 0.25) is 5.88 Å². The van der Waals surface area contributed by atoms with Gasteiger partial charge in [-0.2, -0.15) is 13.2 Å². The molecule has 2 rings (SSSR count). The van der Waals surface area contributed by atoms with Crippen LogP contribution in [-0.2, 0) is 13.1 Å². The summed E-state index contributed by atoms with van der Waals surface area (Å²) >= 11 is 1.69. The highest BCUT2D eigenvalue weighted by molar-refractivity contribution is 14.0. The number of ether oxygens (including phenoxy) is 1. The summed E-state index contributed by atoms with van der Waals surface area (Å²) in [7, 11) is 0. The molecule has 0 spiro atoms. The van der Waals surface area contributed by atoms with E-state index in [1.165, 1.54) is 16.0 Å². The third kappa shape index (κ3) is 8.78. The monoisotopic (exact) mass is 514 g/mol. The zero-order valence-electron chi connectivity index (χ0n) is 15.0. The fraction of sp³-hybridized carbons (Fsp3) is 0.412. The predicted octanol–water partition coefficient (Wildman–Crippen LogP) is 4.27. The van der Waals surface area contributed by atoms with Gasteiger partial charge in [-0.15, -0.1) is 35.3 Å². The van der Waals surface area contributed by atoms with Crippen molar-refractivity contribution in [1.82, 2.24) is 15.6 Å². The molecule has 0 fully saturated rings. The lowest BCUT2D eigenvalue weighted by atomic mass is 10.3. The standard InChI is InChI=1S/C17H21F3N4OS.HI/c1-3-21-16(24-10-14-7-6-12(2)26-14)23-9-13-5-4-8-22-15(13)25-11-17(18,19)20;/h4-8H,3,9-11H2,1-2H3,(H2,21,23,24);1H. The van der Waals surface area contributed by atoms with Crippen LogP contribution in [0.4, 0.5) is 13.2 Å². The molecule has 5 nitrogen and oxygen atoms in total. The lowest BCUT2D eigenvalue weighted by Gasteiger charge is -2.13. The molecule has 0 saturated carbocycles. The number of thiophene rings is 1. The van der Waals surface area contributed by atoms with Gasteiger partial charge in [0.1, 0.15) is 0 Å². The van der Waals surface area contributed by atoms with E-state index < -0.39 is 12.8 Å². The molecule has 2 aromatic rings. The number of aromatic nitrogens is 1. The van der Waals surface area contributed by atoms with Gasteiger partial charge in [0.05, 0.1) is 13.1 Å². The van der Waals surface area contributed by atoms with Crippen LogP contribution in [0.15, 0.2) is 35.5 Å². The van der Waals surface area contributed by atoms with Gasteiger partial charge in [-0.05, 0) is 32.0 Å². The Balaban J connectivity index is 0.00000364. The fourth-order valence-corrected chi connectivity index (χ4v) is 2.91. The van der Waals surface area contributed by atoms with Crippen LogP contribution in [0.1, 0.15) is 22.2 Å². The van der Waals surface area contributed by atoms with E-state index in [2.05, 4.69) is 20.6 Å². The smallest absolute Gasteiger partial charge is 0.422 e. The largest absolute Gasteiger partial charge is 0.468 e. The molecule has 27 heavy (non-hydrogen) atoms. The van der Waals surface area contributed by atoms with E-state index in [9.17, 15) is 13.2 Å². The molecule has 0 amide bonds. The predicted molar refractivity (Wildman–Crippen MR) is 112 cm³/mol. The number of aryl methyl sites for hydroxylation is 1. The van der Waals surface area contributed by atoms with Crippen molar-refractivity contribution in [2.24, 2.45) is 4.99 Å². The molecule has 0 unspecified atom stereocenters. The van der Waals surface area contributed by atoms with Crippen LogP contribution in [0.3, 0.4) is 0 Å². The Bertz CT molecular complexity index is 737. The summed E-state index contributed by atoms with van der Waals surface area (Å²) in [5.74, 6) is 0.516. The number of halogens is 4. The first-order chi connectivity index (χ1) is 12.4. The lowest BCUT2D eigenvalue weighted by Crippen LogP contribution is -2.36. The summed E-state index contributed by atoms with van der Waals surface area (Å²) in [6.07, 6.45) is -3.02. The average molecular weight is 514 g/mol. The quantitative estimate of drug-likeness (QED) is 0.330. The Morgan fingerprint density at radius 3 is 2.67 bits per heavy atom. The highest BCUT2D eigenvalue weighted by atomic mass is 127. The van der Waals surface area contributed by atoms with E-state index in [0.29, 0.717) is 24.6 Å². The summed E-state index contributed by atoms with van der Waals surface area (Å²) in [5, 5.41) is 6.31. The Morgan fingerprint density at radius 2 is 2.04 bits per heavy atom. The van der Waals surface area contributed by atoms with Gasteiger partial charge >= 0.3 is 6.18 Å². The van der Waals surface area contributed by atoms with Crippen LogP contribution < -0.4 is 15.4 Å². The second-order valence-electron chi connectivity index (χ2n) is 5.43. The van der Waals surface area contributed by atoms with Gasteiger partial charge in [-0.25, -0.2) is 9.98 Å². The van der Waals surface area contributed by atoms with Crippen molar-refractivity contribution in [3.8, 4) is 5.88 Å². The number of hydrogen-bond acceptors (Lipinski definition) is 4. The Labute approximate surface area is 177 Å². The van der Waals surface area contributed by atoms with E-state index in [4.69, 9.17) is 4.74 Å². The van der Waals surface area contributed by atoms with Gasteiger partial charge in [-0.3, -0.25) is 0 Å². The molecule has 0 bridgehead atoms. The van der Waals surface area contributed by atoms with Crippen LogP contribution in [0.2, 0.25) is 0 Å². The first-order valence-electron chi connectivity index (χ1n) is 8.08. The van der Waals surface area contributed by atoms with E-state index >= 15 is 0 Å². The number of guanidine groups is 1. The van der Waals surface area contributed by atoms with Gasteiger partial charge in [-0.1, -0.05) is 6.07 Å². The molecule has 0 aromatic carbocycles. The molecule has 0 saturated heterocycles. The molecule has 0 aliphatic heterocycles. The number of pyridine rings is 1. The van der Waals surface area contributed by atoms with Crippen molar-refractivity contribution in [2.45, 2.75) is 33.1 Å². The molecule has 2 N–H and O–H groups in total. The van der Waals surface area contributed by atoms with E-state index in [1.807, 2.05) is 26.0 Å². The maximum absolute atomic E-state index is 12.4. The van der Waals surface area contributed by atoms with Crippen LogP contribution in [0, 0.1) is 6.92 Å². The SMILES string of the molecule is CCNC(=NCc1cccnc1OCC(F)(F)F)NCc1ccc(C)s1.I. The Kier molecular flexibility index (Phi) is 9.84. The van der Waals surface area contributed by atoms with E-state index in [1.54, 1.807) is 23.5 Å². The number of nitrogens with one attached hydrogen (secondary N) is 2. The van der Waals surface area contributed by atoms with Crippen LogP contribution in [0.5, 0.6) is 5.88 Å². The van der Waals surface area contributed by atoms with Crippen molar-refractivity contribution in [3.63, 3.8) is 0 Å². The minimum atomic E-state index is -4.41. The molecular weight excluding hydrogens is 492 g/mol. The van der Waals surface area contributed by atoms with Crippen LogP contribution >= 0.6 is 35.3 Å². The lowest BCUT2D eigenvalue weighted by molar-refractivity contribution is -0.154. The first-order valence-corrected chi connectivity index (χ1v) is 8.90. The summed E-state index contributed by atoms with van der Waals surface area (Å²) < 4.78 is 41.8. The van der Waals surface area contributed by atoms with Crippen molar-refractivity contribution < 1.29 is 17.9 Å². The molecule has 0 radical (unpaired) electrons. The molecule has 150 valence electrons. The molecule has 0 aliphatic carbocycles. The summed E-state index contributed by atoms with van der Waals surface area (Å²) in [6.45, 7) is 4.04. The third-order valence-corrected chi connectivity index (χ3v) is 4.20. The first kappa shape index (κ1) is 23.5. The number of aliphatic imine (C=N–C) groups is 1. The van der Waals surface area contributed by atoms with Crippen molar-refractivity contribution >= 4 is 41.3 Å². The second-order valence-corrected chi connectivity index (χ2v) is 6.81. The van der Waals surface area contributed by atoms with Crippen LogP contribution in [-0.4, -0.2) is 30.3 Å². The van der Waals surface area contributed by atoms with Crippen molar-refractivity contribution in [2.75, 3.05) is 13.2 Å². The maximum atomic E-state index is 12.4. The second kappa shape index (κ2) is 11.3. The van der Waals surface area contributed by atoms with Crippen LogP contribution in [0.25, 0.3) is 0 Å². The molecule has 2 heterocycles. The summed E-state index contributed by atoms with van der Waals surface area (Å²) in [6, 6.07) is 7.38. The molecule has 0 aliphatic rings. The average Bonchev–Trinajstić information content (AvgIpc) is 3.01. The molecule has 0 atom stereocenters. The number of hydrogen-bond donors (Lipinski definition) is 2. The third-order valence-electron chi connectivity index (χ3n) is 3.20. The number of rotatable bonds is 7. The highest BCUT2D eigenvalue weighted by Gasteiger charge is 2.29. The van der Waals surface area contributed by atoms with Crippen molar-refractivity contribution in [1.29, 1.82) is 0 Å². The van der Waals surface area contributed by atoms with Crippen molar-refractivity contribution in [3.05, 3.63) is 45.8 Å². The van der Waals surface area contributed by atoms with Gasteiger partial charge in [0.15, 0.2) is 12.6 Å². The zero-order valence-corrected chi connectivity index (χ0v) is 18.1. The molecular formula is C17H22F3IN4OS. The maximum Gasteiger partial charge on any atom is 0.422 e. The number of nitrogens with zero attached hydrogens (tertiary/aromatic N) is 2. The zero-order chi connectivity index (χ0) is 19.0. The normalized spacial score (nSPS) is 11.7. The summed E-state index contributed by atoms with van der Waals surface area (Å²) in [4.78, 5) is 10.7. The topological polar surface area (TPSA) is 58.5 Å². The highest BCUT2D eigenvalue weighted by Crippen LogP contribution is 2.20. The minimum Gasteiger partial charge on any atom is -0.468 e.